The highest BCUT2D eigenvalue weighted by molar-refractivity contribution is 5.91. The Balaban J connectivity index is 1.66. The van der Waals surface area contributed by atoms with Gasteiger partial charge < -0.3 is 19.9 Å². The van der Waals surface area contributed by atoms with Crippen LogP contribution in [0.15, 0.2) is 0 Å². The summed E-state index contributed by atoms with van der Waals surface area (Å²) in [4.78, 5) is 26.1. The van der Waals surface area contributed by atoms with Crippen LogP contribution in [0.1, 0.15) is 41.1 Å². The summed E-state index contributed by atoms with van der Waals surface area (Å²) in [6, 6.07) is 0.522. The number of rotatable bonds is 6. The van der Waals surface area contributed by atoms with Crippen LogP contribution in [0.2, 0.25) is 0 Å². The molecule has 2 aliphatic rings. The third-order valence-electron chi connectivity index (χ3n) is 5.84. The molecule has 7 heteroatoms. The van der Waals surface area contributed by atoms with E-state index in [1.807, 2.05) is 13.8 Å². The molecular weight excluding hydrogens is 330 g/mol. The van der Waals surface area contributed by atoms with Gasteiger partial charge in [0.15, 0.2) is 0 Å². The first-order valence-corrected chi connectivity index (χ1v) is 9.46. The molecule has 1 saturated carbocycles. The predicted octanol–water partition coefficient (Wildman–Crippen LogP) is 1.39. The van der Waals surface area contributed by atoms with Gasteiger partial charge in [0.2, 0.25) is 5.82 Å². The van der Waals surface area contributed by atoms with E-state index in [0.717, 1.165) is 49.4 Å². The van der Waals surface area contributed by atoms with E-state index in [9.17, 15) is 4.79 Å². The van der Waals surface area contributed by atoms with Crippen LogP contribution in [-0.4, -0.2) is 73.8 Å². The normalized spacial score (nSPS) is 25.5. The zero-order valence-electron chi connectivity index (χ0n) is 16.6. The van der Waals surface area contributed by atoms with Crippen LogP contribution in [0.25, 0.3) is 0 Å². The fourth-order valence-corrected chi connectivity index (χ4v) is 3.73. The molecule has 1 aliphatic carbocycles. The quantitative estimate of drug-likeness (QED) is 0.826. The number of hydrogen-bond acceptors (Lipinski definition) is 6. The van der Waals surface area contributed by atoms with Gasteiger partial charge in [0.1, 0.15) is 5.82 Å². The first-order valence-electron chi connectivity index (χ1n) is 9.46. The van der Waals surface area contributed by atoms with Crippen molar-refractivity contribution in [1.82, 2.24) is 20.2 Å². The number of aryl methyl sites for hydroxylation is 1. The number of nitrogens with zero attached hydrogens (tertiary/aromatic N) is 4. The average Bonchev–Trinajstić information content (AvgIpc) is 3.06. The lowest BCUT2D eigenvalue weighted by Gasteiger charge is -2.34. The molecule has 144 valence electrons. The monoisotopic (exact) mass is 361 g/mol. The Kier molecular flexibility index (Phi) is 5.77. The topological polar surface area (TPSA) is 70.6 Å². The molecule has 0 spiro atoms. The molecule has 0 aromatic carbocycles. The van der Waals surface area contributed by atoms with E-state index < -0.39 is 0 Å². The predicted molar refractivity (Wildman–Crippen MR) is 102 cm³/mol. The maximum Gasteiger partial charge on any atom is 0.289 e. The lowest BCUT2D eigenvalue weighted by atomic mass is 9.82. The van der Waals surface area contributed by atoms with Crippen molar-refractivity contribution in [3.05, 3.63) is 17.1 Å². The second-order valence-electron chi connectivity index (χ2n) is 7.84. The summed E-state index contributed by atoms with van der Waals surface area (Å²) in [5.41, 5.74) is 1.93. The van der Waals surface area contributed by atoms with Crippen LogP contribution in [-0.2, 0) is 4.74 Å². The van der Waals surface area contributed by atoms with Gasteiger partial charge in [0.25, 0.3) is 5.91 Å². The van der Waals surface area contributed by atoms with Crippen molar-refractivity contribution in [2.24, 2.45) is 5.92 Å². The fourth-order valence-electron chi connectivity index (χ4n) is 3.73. The van der Waals surface area contributed by atoms with Crippen molar-refractivity contribution < 1.29 is 9.53 Å². The van der Waals surface area contributed by atoms with E-state index in [1.54, 1.807) is 7.11 Å². The molecule has 1 saturated heterocycles. The lowest BCUT2D eigenvalue weighted by molar-refractivity contribution is 0.00176. The van der Waals surface area contributed by atoms with Crippen LogP contribution in [0.5, 0.6) is 0 Å². The smallest absolute Gasteiger partial charge is 0.289 e. The van der Waals surface area contributed by atoms with Gasteiger partial charge in [0.05, 0.1) is 6.10 Å². The van der Waals surface area contributed by atoms with Crippen LogP contribution in [0.4, 0.5) is 5.82 Å². The SMILES string of the molecule is COC1CC(CNC(=O)c2nc(C)c(C)c(N3CC[C@@H](N(C)C)C3)n2)C1. The van der Waals surface area contributed by atoms with Gasteiger partial charge in [-0.2, -0.15) is 0 Å². The summed E-state index contributed by atoms with van der Waals surface area (Å²) < 4.78 is 5.29. The first-order chi connectivity index (χ1) is 12.4. The molecule has 26 heavy (non-hydrogen) atoms. The highest BCUT2D eigenvalue weighted by atomic mass is 16.5. The van der Waals surface area contributed by atoms with Crippen molar-refractivity contribution in [3.8, 4) is 0 Å². The summed E-state index contributed by atoms with van der Waals surface area (Å²) in [5, 5.41) is 2.99. The Labute approximate surface area is 156 Å². The minimum atomic E-state index is -0.182. The summed E-state index contributed by atoms with van der Waals surface area (Å²) in [5.74, 6) is 1.49. The number of carbonyl (C=O) groups excluding carboxylic acids is 1. The standard InChI is InChI=1S/C19H31N5O2/c1-12-13(2)21-17(19(25)20-10-14-8-16(9-14)26-5)22-18(12)24-7-6-15(11-24)23(3)4/h14-16H,6-11H2,1-5H3,(H,20,25)/t14?,15-,16?/m1/s1. The first kappa shape index (κ1) is 19.0. The van der Waals surface area contributed by atoms with Gasteiger partial charge in [-0.3, -0.25) is 4.79 Å². The van der Waals surface area contributed by atoms with Gasteiger partial charge in [0, 0.05) is 44.0 Å². The second-order valence-corrected chi connectivity index (χ2v) is 7.84. The van der Waals surface area contributed by atoms with Crippen molar-refractivity contribution in [2.45, 2.75) is 45.3 Å². The summed E-state index contributed by atoms with van der Waals surface area (Å²) in [7, 11) is 5.96. The van der Waals surface area contributed by atoms with E-state index in [4.69, 9.17) is 4.74 Å². The van der Waals surface area contributed by atoms with E-state index >= 15 is 0 Å². The molecule has 1 N–H and O–H groups in total. The number of methoxy groups -OCH3 is 1. The minimum absolute atomic E-state index is 0.182. The van der Waals surface area contributed by atoms with E-state index in [0.29, 0.717) is 24.6 Å². The highest BCUT2D eigenvalue weighted by Crippen LogP contribution is 2.29. The summed E-state index contributed by atoms with van der Waals surface area (Å²) in [6.45, 7) is 6.55. The van der Waals surface area contributed by atoms with E-state index in [2.05, 4.69) is 39.2 Å². The maximum absolute atomic E-state index is 12.5. The molecule has 1 amide bonds. The zero-order chi connectivity index (χ0) is 18.8. The summed E-state index contributed by atoms with van der Waals surface area (Å²) in [6.07, 6.45) is 3.48. The molecule has 0 unspecified atom stereocenters. The molecule has 0 bridgehead atoms. The van der Waals surface area contributed by atoms with Crippen molar-refractivity contribution in [2.75, 3.05) is 45.7 Å². The highest BCUT2D eigenvalue weighted by Gasteiger charge is 2.30. The molecule has 7 nitrogen and oxygen atoms in total. The molecule has 2 fully saturated rings. The lowest BCUT2D eigenvalue weighted by Crippen LogP contribution is -2.40. The Hall–Kier alpha value is -1.73. The number of nitrogens with one attached hydrogen (secondary N) is 1. The molecular formula is C19H31N5O2. The third-order valence-corrected chi connectivity index (χ3v) is 5.84. The fraction of sp³-hybridized carbons (Fsp3) is 0.737. The van der Waals surface area contributed by atoms with E-state index in [1.165, 1.54) is 0 Å². The molecule has 1 atom stereocenters. The van der Waals surface area contributed by atoms with Crippen molar-refractivity contribution in [1.29, 1.82) is 0 Å². The number of aromatic nitrogens is 2. The number of carbonyl (C=O) groups is 1. The van der Waals surface area contributed by atoms with Gasteiger partial charge >= 0.3 is 0 Å². The molecule has 1 aromatic rings. The minimum Gasteiger partial charge on any atom is -0.381 e. The van der Waals surface area contributed by atoms with Crippen LogP contribution < -0.4 is 10.2 Å². The molecule has 0 radical (unpaired) electrons. The van der Waals surface area contributed by atoms with Crippen molar-refractivity contribution >= 4 is 11.7 Å². The number of ether oxygens (including phenoxy) is 1. The number of likely N-dealkylation sites (N-methyl/N-ethyl adjacent to an activating group) is 1. The van der Waals surface area contributed by atoms with Gasteiger partial charge in [-0.15, -0.1) is 0 Å². The molecule has 2 heterocycles. The largest absolute Gasteiger partial charge is 0.381 e. The maximum atomic E-state index is 12.5. The number of amides is 1. The van der Waals surface area contributed by atoms with Gasteiger partial charge in [-0.25, -0.2) is 9.97 Å². The van der Waals surface area contributed by atoms with E-state index in [-0.39, 0.29) is 11.7 Å². The molecule has 1 aromatic heterocycles. The second kappa shape index (κ2) is 7.88. The Morgan fingerprint density at radius 1 is 1.31 bits per heavy atom. The average molecular weight is 361 g/mol. The number of hydrogen-bond donors (Lipinski definition) is 1. The Bertz CT molecular complexity index is 658. The Morgan fingerprint density at radius 3 is 2.65 bits per heavy atom. The Morgan fingerprint density at radius 2 is 2.04 bits per heavy atom. The van der Waals surface area contributed by atoms with Crippen molar-refractivity contribution in [3.63, 3.8) is 0 Å². The molecule has 1 aliphatic heterocycles. The van der Waals surface area contributed by atoms with Crippen LogP contribution in [0, 0.1) is 19.8 Å². The van der Waals surface area contributed by atoms with Gasteiger partial charge in [-0.05, 0) is 53.1 Å². The summed E-state index contributed by atoms with van der Waals surface area (Å²) >= 11 is 0. The van der Waals surface area contributed by atoms with Gasteiger partial charge in [-0.1, -0.05) is 0 Å². The van der Waals surface area contributed by atoms with Crippen LogP contribution >= 0.6 is 0 Å². The third kappa shape index (κ3) is 3.99. The van der Waals surface area contributed by atoms with Crippen LogP contribution in [0.3, 0.4) is 0 Å². The zero-order valence-corrected chi connectivity index (χ0v) is 16.6. The molecule has 3 rings (SSSR count). The number of anilines is 1.